The number of thioether (sulfide) groups is 1. The normalized spacial score (nSPS) is 17.5. The van der Waals surface area contributed by atoms with Gasteiger partial charge in [0.05, 0.1) is 18.7 Å². The Bertz CT molecular complexity index is 1760. The van der Waals surface area contributed by atoms with Crippen molar-refractivity contribution in [2.24, 2.45) is 45.9 Å². The monoisotopic (exact) mass is 999 g/mol. The van der Waals surface area contributed by atoms with Gasteiger partial charge in [0.1, 0.15) is 42.3 Å². The number of likely N-dealkylation sites (tertiary alicyclic amines) is 1. The van der Waals surface area contributed by atoms with E-state index in [0.717, 1.165) is 0 Å². The first-order chi connectivity index (χ1) is 32.2. The number of rotatable bonds is 31. The molecule has 394 valence electrons. The third-order valence-corrected chi connectivity index (χ3v) is 12.3. The number of guanidine groups is 1. The number of aliphatic hydroxyl groups is 1. The summed E-state index contributed by atoms with van der Waals surface area (Å²) in [5.41, 5.74) is 16.9. The first kappa shape index (κ1) is 61.8. The molecular weight excluding hydrogens is 917 g/mol. The topological polar surface area (TPSA) is 372 Å². The van der Waals surface area contributed by atoms with Gasteiger partial charge in [-0.05, 0) is 87.5 Å². The number of carbonyl (C=O) groups excluding carboxylic acids is 8. The van der Waals surface area contributed by atoms with Gasteiger partial charge < -0.3 is 69.5 Å². The highest BCUT2D eigenvalue weighted by Crippen LogP contribution is 2.19. The van der Waals surface area contributed by atoms with Gasteiger partial charge in [-0.3, -0.25) is 43.3 Å². The van der Waals surface area contributed by atoms with Crippen LogP contribution in [0.3, 0.4) is 0 Å². The van der Waals surface area contributed by atoms with E-state index in [-0.39, 0.29) is 75.3 Å². The van der Waals surface area contributed by atoms with E-state index in [4.69, 9.17) is 17.2 Å². The molecule has 15 N–H and O–H groups in total. The van der Waals surface area contributed by atoms with Crippen molar-refractivity contribution < 1.29 is 53.4 Å². The SMILES string of the molecule is CC[C@H](C)[C@H](NC(=O)[C@H](CC(C)C)NC(=O)[C@@H](NC(=O)[C@H](CCCN=C(N)N)NC(=O)[C@@H]1CCCN1C(=O)CNC(=O)[C@H](CCSC)NC(=O)[C@@H](N)C(C)C)[C@@H](C)O)C(=O)N[C@@H](CC(C)C)C(=O)O. The lowest BCUT2D eigenvalue weighted by molar-refractivity contribution is -0.143. The summed E-state index contributed by atoms with van der Waals surface area (Å²) >= 11 is 1.47. The maximum Gasteiger partial charge on any atom is 0.326 e. The van der Waals surface area contributed by atoms with E-state index in [9.17, 15) is 53.4 Å². The molecule has 0 aromatic carbocycles. The summed E-state index contributed by atoms with van der Waals surface area (Å²) < 4.78 is 0. The molecule has 0 spiro atoms. The number of aliphatic hydroxyl groups excluding tert-OH is 1. The lowest BCUT2D eigenvalue weighted by Gasteiger charge is -2.30. The number of carboxylic acid groups (broad SMARTS) is 1. The highest BCUT2D eigenvalue weighted by Gasteiger charge is 2.39. The summed E-state index contributed by atoms with van der Waals surface area (Å²) in [6, 6.07) is -9.49. The van der Waals surface area contributed by atoms with Crippen molar-refractivity contribution in [3.8, 4) is 0 Å². The Balaban J connectivity index is 3.31. The van der Waals surface area contributed by atoms with Crippen LogP contribution >= 0.6 is 11.8 Å². The number of carboxylic acids is 1. The summed E-state index contributed by atoms with van der Waals surface area (Å²) in [7, 11) is 0. The average molecular weight is 999 g/mol. The Hall–Kier alpha value is -5.23. The van der Waals surface area contributed by atoms with Crippen molar-refractivity contribution in [1.82, 2.24) is 42.1 Å². The Morgan fingerprint density at radius 3 is 1.78 bits per heavy atom. The molecule has 1 aliphatic heterocycles. The number of nitrogens with zero attached hydrogens (tertiary/aromatic N) is 2. The number of hydrogen-bond donors (Lipinski definition) is 12. The quantitative estimate of drug-likeness (QED) is 0.0211. The molecule has 0 aromatic rings. The average Bonchev–Trinajstić information content (AvgIpc) is 3.77. The molecule has 0 aliphatic carbocycles. The molecule has 23 nitrogen and oxygen atoms in total. The van der Waals surface area contributed by atoms with Crippen LogP contribution in [0.1, 0.15) is 114 Å². The van der Waals surface area contributed by atoms with Crippen molar-refractivity contribution in [3.63, 3.8) is 0 Å². The van der Waals surface area contributed by atoms with E-state index in [1.807, 2.05) is 20.1 Å². The van der Waals surface area contributed by atoms with Gasteiger partial charge in [0.15, 0.2) is 5.96 Å². The Morgan fingerprint density at radius 2 is 1.25 bits per heavy atom. The number of aliphatic carboxylic acids is 1. The van der Waals surface area contributed by atoms with Crippen LogP contribution < -0.4 is 54.4 Å². The fourth-order valence-corrected chi connectivity index (χ4v) is 7.85. The minimum absolute atomic E-state index is 0.0552. The van der Waals surface area contributed by atoms with Crippen LogP contribution in [-0.4, -0.2) is 160 Å². The lowest BCUT2D eigenvalue weighted by atomic mass is 9.95. The zero-order chi connectivity index (χ0) is 52.7. The third kappa shape index (κ3) is 21.9. The Kier molecular flexibility index (Phi) is 27.8. The molecule has 1 fully saturated rings. The van der Waals surface area contributed by atoms with Crippen LogP contribution in [0.25, 0.3) is 0 Å². The van der Waals surface area contributed by atoms with E-state index in [1.54, 1.807) is 41.5 Å². The van der Waals surface area contributed by atoms with E-state index in [1.165, 1.54) is 23.6 Å². The van der Waals surface area contributed by atoms with Crippen LogP contribution in [0.2, 0.25) is 0 Å². The van der Waals surface area contributed by atoms with Crippen LogP contribution in [-0.2, 0) is 43.2 Å². The van der Waals surface area contributed by atoms with Gasteiger partial charge in [0.2, 0.25) is 47.3 Å². The second-order valence-electron chi connectivity index (χ2n) is 18.9. The number of carbonyl (C=O) groups is 9. The molecule has 0 unspecified atom stereocenters. The van der Waals surface area contributed by atoms with E-state index < -0.39 is 120 Å². The van der Waals surface area contributed by atoms with E-state index >= 15 is 0 Å². The molecule has 0 radical (unpaired) electrons. The number of hydrogen-bond acceptors (Lipinski definition) is 13. The van der Waals surface area contributed by atoms with E-state index in [2.05, 4.69) is 42.2 Å². The predicted octanol–water partition coefficient (Wildman–Crippen LogP) is -1.60. The van der Waals surface area contributed by atoms with E-state index in [0.29, 0.717) is 18.6 Å². The molecule has 1 aliphatic rings. The molecule has 0 bridgehead atoms. The summed E-state index contributed by atoms with van der Waals surface area (Å²) in [6.45, 7) is 15.3. The summed E-state index contributed by atoms with van der Waals surface area (Å²) in [5, 5.41) is 38.8. The molecule has 0 saturated carbocycles. The molecule has 1 heterocycles. The van der Waals surface area contributed by atoms with Gasteiger partial charge in [-0.25, -0.2) is 4.79 Å². The fourth-order valence-electron chi connectivity index (χ4n) is 7.37. The highest BCUT2D eigenvalue weighted by molar-refractivity contribution is 7.98. The first-order valence-electron chi connectivity index (χ1n) is 23.9. The van der Waals surface area contributed by atoms with Crippen LogP contribution in [0, 0.1) is 23.7 Å². The summed E-state index contributed by atoms with van der Waals surface area (Å²) in [6.07, 6.45) is 2.03. The second-order valence-corrected chi connectivity index (χ2v) is 19.9. The molecule has 69 heavy (non-hydrogen) atoms. The van der Waals surface area contributed by atoms with Crippen molar-refractivity contribution in [2.75, 3.05) is 31.6 Å². The molecule has 8 amide bonds. The van der Waals surface area contributed by atoms with Crippen LogP contribution in [0.15, 0.2) is 4.99 Å². The second kappa shape index (κ2) is 31.1. The number of nitrogens with two attached hydrogens (primary N) is 3. The van der Waals surface area contributed by atoms with Crippen LogP contribution in [0.4, 0.5) is 0 Å². The minimum atomic E-state index is -1.66. The summed E-state index contributed by atoms with van der Waals surface area (Å²) in [4.78, 5) is 126. The van der Waals surface area contributed by atoms with Crippen molar-refractivity contribution in [3.05, 3.63) is 0 Å². The van der Waals surface area contributed by atoms with Crippen LogP contribution in [0.5, 0.6) is 0 Å². The number of amides is 8. The first-order valence-corrected chi connectivity index (χ1v) is 25.2. The third-order valence-electron chi connectivity index (χ3n) is 11.7. The number of nitrogens with one attached hydrogen (secondary N) is 7. The zero-order valence-electron chi connectivity index (χ0n) is 42.1. The largest absolute Gasteiger partial charge is 0.480 e. The van der Waals surface area contributed by atoms with Gasteiger partial charge >= 0.3 is 5.97 Å². The Morgan fingerprint density at radius 1 is 0.710 bits per heavy atom. The highest BCUT2D eigenvalue weighted by atomic mass is 32.2. The Labute approximate surface area is 410 Å². The number of aliphatic imine (C=N–C) groups is 1. The smallest absolute Gasteiger partial charge is 0.326 e. The fraction of sp³-hybridized carbons (Fsp3) is 0.778. The van der Waals surface area contributed by atoms with Crippen molar-refractivity contribution in [2.45, 2.75) is 168 Å². The van der Waals surface area contributed by atoms with Crippen molar-refractivity contribution >= 4 is 70.9 Å². The molecule has 24 heteroatoms. The summed E-state index contributed by atoms with van der Waals surface area (Å²) in [5.74, 6) is -7.44. The zero-order valence-corrected chi connectivity index (χ0v) is 42.9. The van der Waals surface area contributed by atoms with Gasteiger partial charge in [0, 0.05) is 13.1 Å². The molecule has 1 saturated heterocycles. The minimum Gasteiger partial charge on any atom is -0.480 e. The molecule has 1 rings (SSSR count). The maximum absolute atomic E-state index is 14.0. The van der Waals surface area contributed by atoms with Gasteiger partial charge in [0.25, 0.3) is 0 Å². The standard InChI is InChI=1S/C45H82N12O11S/c1-11-26(8)35(42(65)54-31(44(67)68)21-24(4)5)55-39(62)30(20-23(2)3)53-43(66)36(27(9)58)56-38(61)28(14-12-17-49-45(47)48)51-40(63)32-15-13-18-57(32)33(59)22-50-37(60)29(16-19-69-10)52-41(64)34(46)25(6)7/h23-32,34-36,58H,11-22,46H2,1-10H3,(H,50,60)(H,51,63)(H,52,64)(H,53,66)(H,54,65)(H,55,62)(H,56,61)(H,67,68)(H4,47,48,49)/t26-,27+,28-,29-,30-,31-,32-,34-,35-,36-/m0/s1. The molecule has 0 aromatic heterocycles. The molecule has 10 atom stereocenters. The van der Waals surface area contributed by atoms with Gasteiger partial charge in [-0.15, -0.1) is 0 Å². The van der Waals surface area contributed by atoms with Crippen molar-refractivity contribution in [1.29, 1.82) is 0 Å². The lowest BCUT2D eigenvalue weighted by Crippen LogP contribution is -2.62. The maximum atomic E-state index is 14.0. The predicted molar refractivity (Wildman–Crippen MR) is 263 cm³/mol. The van der Waals surface area contributed by atoms with Gasteiger partial charge in [-0.1, -0.05) is 61.8 Å². The van der Waals surface area contributed by atoms with Gasteiger partial charge in [-0.2, -0.15) is 11.8 Å². The molecular formula is C45H82N12O11S.